The normalized spacial score (nSPS) is 11.0. The minimum Gasteiger partial charge on any atom is -0.482 e. The lowest BCUT2D eigenvalue weighted by Crippen LogP contribution is -2.13. The van der Waals surface area contributed by atoms with Crippen LogP contribution in [0.3, 0.4) is 0 Å². The number of rotatable bonds is 6. The van der Waals surface area contributed by atoms with E-state index in [0.717, 1.165) is 21.7 Å². The van der Waals surface area contributed by atoms with Gasteiger partial charge in [0.15, 0.2) is 18.1 Å². The maximum absolute atomic E-state index is 13.1. The molecule has 1 aromatic heterocycles. The van der Waals surface area contributed by atoms with E-state index in [4.69, 9.17) is 4.74 Å². The first-order valence-electron chi connectivity index (χ1n) is 10.1. The van der Waals surface area contributed by atoms with E-state index in [1.165, 1.54) is 0 Å². The lowest BCUT2D eigenvalue weighted by molar-refractivity contribution is 0.0916. The van der Waals surface area contributed by atoms with Crippen LogP contribution >= 0.6 is 0 Å². The van der Waals surface area contributed by atoms with Crippen molar-refractivity contribution >= 4 is 33.2 Å². The number of fused-ring (bicyclic) bond motifs is 2. The number of carbonyl (C=O) groups is 2. The highest BCUT2D eigenvalue weighted by molar-refractivity contribution is 6.13. The highest BCUT2D eigenvalue weighted by Crippen LogP contribution is 2.32. The first kappa shape index (κ1) is 18.8. The molecule has 5 aromatic rings. The zero-order valence-corrected chi connectivity index (χ0v) is 16.7. The topological polar surface area (TPSA) is 59.2 Å². The third-order valence-corrected chi connectivity index (χ3v) is 5.34. The molecule has 150 valence electrons. The standard InChI is InChI=1S/C27H19NO3/c29-24(21-15-14-18-8-4-5-11-20(18)16-21)17-31-27-22-12-6-7-13-23(22)28-25(27)26(30)19-9-2-1-3-10-19/h1-16,28H,17H2. The molecule has 5 rings (SSSR count). The molecule has 0 spiro atoms. The molecule has 0 fully saturated rings. The maximum atomic E-state index is 13.1. The van der Waals surface area contributed by atoms with Crippen molar-refractivity contribution in [3.63, 3.8) is 0 Å². The Labute approximate surface area is 179 Å². The summed E-state index contributed by atoms with van der Waals surface area (Å²) in [5.74, 6) is 0.0812. The molecule has 0 atom stereocenters. The average molecular weight is 405 g/mol. The second-order valence-electron chi connectivity index (χ2n) is 7.34. The molecule has 0 aliphatic heterocycles. The number of ketones is 2. The van der Waals surface area contributed by atoms with Crippen LogP contribution in [0.2, 0.25) is 0 Å². The molecule has 0 saturated carbocycles. The molecule has 1 N–H and O–H groups in total. The summed E-state index contributed by atoms with van der Waals surface area (Å²) in [4.78, 5) is 29.1. The first-order valence-corrected chi connectivity index (χ1v) is 10.1. The summed E-state index contributed by atoms with van der Waals surface area (Å²) in [5.41, 5.74) is 2.27. The minimum atomic E-state index is -0.176. The van der Waals surface area contributed by atoms with Crippen molar-refractivity contribution in [2.24, 2.45) is 0 Å². The van der Waals surface area contributed by atoms with E-state index < -0.39 is 0 Å². The predicted octanol–water partition coefficient (Wildman–Crippen LogP) is 5.81. The van der Waals surface area contributed by atoms with E-state index in [0.29, 0.717) is 22.6 Å². The van der Waals surface area contributed by atoms with Gasteiger partial charge in [0.2, 0.25) is 5.78 Å². The van der Waals surface area contributed by atoms with Gasteiger partial charge in [0, 0.05) is 22.0 Å². The quantitative estimate of drug-likeness (QED) is 0.363. The molecule has 0 aliphatic carbocycles. The number of H-pyrrole nitrogens is 1. The number of para-hydroxylation sites is 1. The van der Waals surface area contributed by atoms with Crippen LogP contribution in [-0.2, 0) is 0 Å². The van der Waals surface area contributed by atoms with Crippen LogP contribution in [0.25, 0.3) is 21.7 Å². The molecular weight excluding hydrogens is 386 g/mol. The van der Waals surface area contributed by atoms with Crippen LogP contribution in [0.1, 0.15) is 26.4 Å². The summed E-state index contributed by atoms with van der Waals surface area (Å²) < 4.78 is 5.96. The van der Waals surface area contributed by atoms with E-state index >= 15 is 0 Å². The van der Waals surface area contributed by atoms with Gasteiger partial charge in [-0.2, -0.15) is 0 Å². The van der Waals surface area contributed by atoms with Gasteiger partial charge in [-0.05, 0) is 29.0 Å². The van der Waals surface area contributed by atoms with Crippen molar-refractivity contribution in [2.45, 2.75) is 0 Å². The van der Waals surface area contributed by atoms with Crippen LogP contribution in [-0.4, -0.2) is 23.2 Å². The Morgan fingerprint density at radius 3 is 2.26 bits per heavy atom. The van der Waals surface area contributed by atoms with Gasteiger partial charge in [-0.1, -0.05) is 78.9 Å². The smallest absolute Gasteiger partial charge is 0.213 e. The van der Waals surface area contributed by atoms with Gasteiger partial charge >= 0.3 is 0 Å². The molecule has 0 radical (unpaired) electrons. The van der Waals surface area contributed by atoms with Crippen LogP contribution in [0, 0.1) is 0 Å². The van der Waals surface area contributed by atoms with Crippen LogP contribution in [0.4, 0.5) is 0 Å². The predicted molar refractivity (Wildman–Crippen MR) is 122 cm³/mol. The number of aromatic nitrogens is 1. The van der Waals surface area contributed by atoms with E-state index in [1.54, 1.807) is 18.2 Å². The molecule has 0 unspecified atom stereocenters. The Morgan fingerprint density at radius 1 is 0.710 bits per heavy atom. The number of benzene rings is 4. The second-order valence-corrected chi connectivity index (χ2v) is 7.34. The largest absolute Gasteiger partial charge is 0.482 e. The Balaban J connectivity index is 1.46. The van der Waals surface area contributed by atoms with Gasteiger partial charge in [0.05, 0.1) is 0 Å². The molecule has 4 aromatic carbocycles. The number of aromatic amines is 1. The molecule has 4 nitrogen and oxygen atoms in total. The Kier molecular flexibility index (Phi) is 4.81. The SMILES string of the molecule is O=C(COc1c(C(=O)c2ccccc2)[nH]c2ccccc12)c1ccc2ccccc2c1. The van der Waals surface area contributed by atoms with Crippen molar-refractivity contribution in [3.8, 4) is 5.75 Å². The number of carbonyl (C=O) groups excluding carboxylic acids is 2. The summed E-state index contributed by atoms with van der Waals surface area (Å²) in [5, 5.41) is 2.85. The van der Waals surface area contributed by atoms with Gasteiger partial charge in [-0.25, -0.2) is 0 Å². The monoisotopic (exact) mass is 405 g/mol. The molecule has 1 heterocycles. The van der Waals surface area contributed by atoms with Gasteiger partial charge in [0.25, 0.3) is 0 Å². The molecule has 0 bridgehead atoms. The lowest BCUT2D eigenvalue weighted by Gasteiger charge is -2.08. The maximum Gasteiger partial charge on any atom is 0.213 e. The molecule has 31 heavy (non-hydrogen) atoms. The van der Waals surface area contributed by atoms with Gasteiger partial charge < -0.3 is 9.72 Å². The summed E-state index contributed by atoms with van der Waals surface area (Å²) in [6.07, 6.45) is 0. The summed E-state index contributed by atoms with van der Waals surface area (Å²) >= 11 is 0. The zero-order valence-electron chi connectivity index (χ0n) is 16.7. The van der Waals surface area contributed by atoms with Crippen molar-refractivity contribution < 1.29 is 14.3 Å². The van der Waals surface area contributed by atoms with Crippen molar-refractivity contribution in [1.82, 2.24) is 4.98 Å². The highest BCUT2D eigenvalue weighted by atomic mass is 16.5. The number of Topliss-reactive ketones (excluding diaryl/α,β-unsaturated/α-hetero) is 1. The average Bonchev–Trinajstić information content (AvgIpc) is 3.20. The van der Waals surface area contributed by atoms with E-state index in [1.807, 2.05) is 78.9 Å². The number of nitrogens with one attached hydrogen (secondary N) is 1. The highest BCUT2D eigenvalue weighted by Gasteiger charge is 2.21. The lowest BCUT2D eigenvalue weighted by atomic mass is 10.0. The third kappa shape index (κ3) is 3.60. The fraction of sp³-hybridized carbons (Fsp3) is 0.0370. The number of ether oxygens (including phenoxy) is 1. The Hall–Kier alpha value is -4.18. The van der Waals surface area contributed by atoms with Crippen molar-refractivity contribution in [3.05, 3.63) is 114 Å². The molecular formula is C27H19NO3. The molecule has 4 heteroatoms. The van der Waals surface area contributed by atoms with E-state index in [2.05, 4.69) is 4.98 Å². The van der Waals surface area contributed by atoms with Gasteiger partial charge in [-0.15, -0.1) is 0 Å². The van der Waals surface area contributed by atoms with Gasteiger partial charge in [0.1, 0.15) is 5.69 Å². The fourth-order valence-electron chi connectivity index (χ4n) is 3.74. The van der Waals surface area contributed by atoms with E-state index in [9.17, 15) is 9.59 Å². The Bertz CT molecular complexity index is 1420. The zero-order chi connectivity index (χ0) is 21.2. The van der Waals surface area contributed by atoms with Crippen LogP contribution < -0.4 is 4.74 Å². The molecule has 0 aliphatic rings. The second kappa shape index (κ2) is 7.92. The van der Waals surface area contributed by atoms with Crippen LogP contribution in [0.15, 0.2) is 97.1 Å². The number of hydrogen-bond donors (Lipinski definition) is 1. The summed E-state index contributed by atoms with van der Waals surface area (Å²) in [6.45, 7) is -0.157. The van der Waals surface area contributed by atoms with Gasteiger partial charge in [-0.3, -0.25) is 9.59 Å². The van der Waals surface area contributed by atoms with Crippen LogP contribution in [0.5, 0.6) is 5.75 Å². The third-order valence-electron chi connectivity index (χ3n) is 5.34. The first-order chi connectivity index (χ1) is 15.2. The minimum absolute atomic E-state index is 0.144. The number of hydrogen-bond acceptors (Lipinski definition) is 3. The van der Waals surface area contributed by atoms with Crippen molar-refractivity contribution in [2.75, 3.05) is 6.61 Å². The molecule has 0 amide bonds. The fourth-order valence-corrected chi connectivity index (χ4v) is 3.74. The van der Waals surface area contributed by atoms with Crippen molar-refractivity contribution in [1.29, 1.82) is 0 Å². The Morgan fingerprint density at radius 2 is 1.42 bits per heavy atom. The summed E-state index contributed by atoms with van der Waals surface area (Å²) in [7, 11) is 0. The summed E-state index contributed by atoms with van der Waals surface area (Å²) in [6, 6.07) is 30.1. The molecule has 0 saturated heterocycles. The van der Waals surface area contributed by atoms with E-state index in [-0.39, 0.29) is 18.2 Å².